The number of pyridine rings is 1. The monoisotopic (exact) mass is 416 g/mol. The van der Waals surface area contributed by atoms with Crippen molar-refractivity contribution in [3.63, 3.8) is 0 Å². The molecule has 9 nitrogen and oxygen atoms in total. The molecule has 0 saturated heterocycles. The van der Waals surface area contributed by atoms with Crippen LogP contribution in [0.2, 0.25) is 0 Å². The van der Waals surface area contributed by atoms with E-state index >= 15 is 0 Å². The van der Waals surface area contributed by atoms with E-state index < -0.39 is 6.09 Å². The third-order valence-electron chi connectivity index (χ3n) is 4.46. The molecule has 0 spiro atoms. The SMILES string of the molecule is NC(=O)OCc1cnc(Nc2cc(COc3ccc(N)c4ccccc34)ccn2)cn1. The fourth-order valence-electron chi connectivity index (χ4n) is 2.98. The van der Waals surface area contributed by atoms with Crippen LogP contribution in [0.15, 0.2) is 67.1 Å². The highest BCUT2D eigenvalue weighted by Crippen LogP contribution is 2.30. The molecule has 5 N–H and O–H groups in total. The lowest BCUT2D eigenvalue weighted by Crippen LogP contribution is -2.13. The zero-order valence-electron chi connectivity index (χ0n) is 16.5. The summed E-state index contributed by atoms with van der Waals surface area (Å²) in [5.41, 5.74) is 13.1. The van der Waals surface area contributed by atoms with E-state index in [1.807, 2.05) is 48.5 Å². The number of nitrogens with zero attached hydrogens (tertiary/aromatic N) is 3. The van der Waals surface area contributed by atoms with Gasteiger partial charge in [-0.15, -0.1) is 0 Å². The molecule has 2 aromatic heterocycles. The number of hydrogen-bond donors (Lipinski definition) is 3. The van der Waals surface area contributed by atoms with Gasteiger partial charge >= 0.3 is 6.09 Å². The van der Waals surface area contributed by atoms with Crippen LogP contribution in [0.4, 0.5) is 22.1 Å². The van der Waals surface area contributed by atoms with Crippen molar-refractivity contribution in [2.45, 2.75) is 13.2 Å². The molecule has 2 aromatic carbocycles. The Kier molecular flexibility index (Phi) is 5.75. The molecule has 0 fully saturated rings. The second-order valence-electron chi connectivity index (χ2n) is 6.66. The maximum absolute atomic E-state index is 10.7. The zero-order chi connectivity index (χ0) is 21.6. The topological polar surface area (TPSA) is 138 Å². The first-order valence-corrected chi connectivity index (χ1v) is 9.43. The second-order valence-corrected chi connectivity index (χ2v) is 6.66. The number of hydrogen-bond acceptors (Lipinski definition) is 8. The van der Waals surface area contributed by atoms with E-state index in [0.717, 1.165) is 22.1 Å². The fourth-order valence-corrected chi connectivity index (χ4v) is 2.98. The van der Waals surface area contributed by atoms with Crippen LogP contribution >= 0.6 is 0 Å². The Morgan fingerprint density at radius 3 is 2.55 bits per heavy atom. The van der Waals surface area contributed by atoms with Crippen molar-refractivity contribution in [1.82, 2.24) is 15.0 Å². The summed E-state index contributed by atoms with van der Waals surface area (Å²) in [4.78, 5) is 23.3. The Balaban J connectivity index is 1.42. The molecular formula is C22H20N6O3. The van der Waals surface area contributed by atoms with Crippen molar-refractivity contribution in [3.05, 3.63) is 78.4 Å². The molecule has 0 aliphatic carbocycles. The van der Waals surface area contributed by atoms with Crippen LogP contribution in [-0.4, -0.2) is 21.0 Å². The Morgan fingerprint density at radius 2 is 1.77 bits per heavy atom. The summed E-state index contributed by atoms with van der Waals surface area (Å²) in [5.74, 6) is 1.85. The van der Waals surface area contributed by atoms with Crippen molar-refractivity contribution >= 4 is 34.2 Å². The van der Waals surface area contributed by atoms with Gasteiger partial charge in [0, 0.05) is 22.7 Å². The quantitative estimate of drug-likeness (QED) is 0.389. The van der Waals surface area contributed by atoms with E-state index in [-0.39, 0.29) is 6.61 Å². The molecule has 0 atom stereocenters. The summed E-state index contributed by atoms with van der Waals surface area (Å²) in [6.07, 6.45) is 3.83. The van der Waals surface area contributed by atoms with Gasteiger partial charge in [-0.05, 0) is 29.8 Å². The van der Waals surface area contributed by atoms with Crippen molar-refractivity contribution in [2.24, 2.45) is 5.73 Å². The summed E-state index contributed by atoms with van der Waals surface area (Å²) >= 11 is 0. The molecule has 0 unspecified atom stereocenters. The molecule has 2 heterocycles. The molecule has 4 aromatic rings. The number of aromatic nitrogens is 3. The number of fused-ring (bicyclic) bond motifs is 1. The Labute approximate surface area is 178 Å². The number of ether oxygens (including phenoxy) is 2. The van der Waals surface area contributed by atoms with Gasteiger partial charge in [0.15, 0.2) is 0 Å². The first kappa shape index (κ1) is 19.9. The number of primary amides is 1. The van der Waals surface area contributed by atoms with Gasteiger partial charge in [0.05, 0.1) is 18.1 Å². The number of nitrogens with one attached hydrogen (secondary N) is 1. The first-order valence-electron chi connectivity index (χ1n) is 9.43. The summed E-state index contributed by atoms with van der Waals surface area (Å²) in [5, 5.41) is 5.00. The lowest BCUT2D eigenvalue weighted by atomic mass is 10.1. The minimum absolute atomic E-state index is 0.0342. The van der Waals surface area contributed by atoms with Crippen LogP contribution in [0.3, 0.4) is 0 Å². The van der Waals surface area contributed by atoms with Gasteiger partial charge in [-0.3, -0.25) is 4.98 Å². The number of benzene rings is 2. The van der Waals surface area contributed by atoms with Crippen molar-refractivity contribution in [1.29, 1.82) is 0 Å². The normalized spacial score (nSPS) is 10.6. The van der Waals surface area contributed by atoms with Crippen molar-refractivity contribution in [3.8, 4) is 5.75 Å². The summed E-state index contributed by atoms with van der Waals surface area (Å²) < 4.78 is 10.7. The second kappa shape index (κ2) is 8.95. The van der Waals surface area contributed by atoms with Crippen molar-refractivity contribution in [2.75, 3.05) is 11.1 Å². The molecule has 0 bridgehead atoms. The molecule has 9 heteroatoms. The molecular weight excluding hydrogens is 396 g/mol. The maximum atomic E-state index is 10.7. The smallest absolute Gasteiger partial charge is 0.404 e. The zero-order valence-corrected chi connectivity index (χ0v) is 16.5. The number of carbonyl (C=O) groups excluding carboxylic acids is 1. The van der Waals surface area contributed by atoms with E-state index in [2.05, 4.69) is 25.0 Å². The average Bonchev–Trinajstić information content (AvgIpc) is 2.79. The van der Waals surface area contributed by atoms with E-state index in [4.69, 9.17) is 16.2 Å². The van der Waals surface area contributed by atoms with Gasteiger partial charge < -0.3 is 26.3 Å². The highest BCUT2D eigenvalue weighted by atomic mass is 16.5. The van der Waals surface area contributed by atoms with E-state index in [0.29, 0.717) is 29.6 Å². The number of nitrogens with two attached hydrogens (primary N) is 2. The Morgan fingerprint density at radius 1 is 0.935 bits per heavy atom. The van der Waals surface area contributed by atoms with E-state index in [1.165, 1.54) is 12.4 Å². The number of amides is 1. The van der Waals surface area contributed by atoms with Gasteiger partial charge in [0.25, 0.3) is 0 Å². The van der Waals surface area contributed by atoms with E-state index in [9.17, 15) is 4.79 Å². The third kappa shape index (κ3) is 4.96. The maximum Gasteiger partial charge on any atom is 0.404 e. The van der Waals surface area contributed by atoms with Gasteiger partial charge in [0.1, 0.15) is 30.6 Å². The number of carbonyl (C=O) groups is 1. The summed E-state index contributed by atoms with van der Waals surface area (Å²) in [7, 11) is 0. The number of anilines is 3. The molecule has 0 radical (unpaired) electrons. The molecule has 1 amide bonds. The fraction of sp³-hybridized carbons (Fsp3) is 0.0909. The minimum Gasteiger partial charge on any atom is -0.488 e. The molecule has 4 rings (SSSR count). The predicted octanol–water partition coefficient (Wildman–Crippen LogP) is 3.52. The molecule has 0 aliphatic heterocycles. The standard InChI is InChI=1S/C22H20N6O3/c23-18-5-6-19(17-4-2-1-3-16(17)18)30-12-14-7-8-25-20(9-14)28-21-11-26-15(10-27-21)13-31-22(24)29/h1-11H,12-13,23H2,(H2,24,29)(H,25,27,28). The van der Waals surface area contributed by atoms with Crippen LogP contribution in [0.25, 0.3) is 10.8 Å². The van der Waals surface area contributed by atoms with Crippen LogP contribution in [0.5, 0.6) is 5.75 Å². The predicted molar refractivity (Wildman–Crippen MR) is 117 cm³/mol. The third-order valence-corrected chi connectivity index (χ3v) is 4.46. The summed E-state index contributed by atoms with van der Waals surface area (Å²) in [6.45, 7) is 0.327. The van der Waals surface area contributed by atoms with Gasteiger partial charge in [-0.25, -0.2) is 14.8 Å². The largest absolute Gasteiger partial charge is 0.488 e. The van der Waals surface area contributed by atoms with Gasteiger partial charge in [-0.2, -0.15) is 0 Å². The van der Waals surface area contributed by atoms with Crippen LogP contribution in [0, 0.1) is 0 Å². The molecule has 156 valence electrons. The highest BCUT2D eigenvalue weighted by Gasteiger charge is 2.07. The molecule has 31 heavy (non-hydrogen) atoms. The van der Waals surface area contributed by atoms with Crippen LogP contribution < -0.4 is 21.5 Å². The number of rotatable bonds is 7. The highest BCUT2D eigenvalue weighted by molar-refractivity contribution is 5.96. The molecule has 0 aliphatic rings. The first-order chi connectivity index (χ1) is 15.1. The van der Waals surface area contributed by atoms with Gasteiger partial charge in [-0.1, -0.05) is 24.3 Å². The number of nitrogen functional groups attached to an aromatic ring is 1. The Hall–Kier alpha value is -4.40. The minimum atomic E-state index is -0.862. The summed E-state index contributed by atoms with van der Waals surface area (Å²) in [6, 6.07) is 15.3. The Bertz CT molecular complexity index is 1210. The van der Waals surface area contributed by atoms with Crippen LogP contribution in [-0.2, 0) is 18.0 Å². The van der Waals surface area contributed by atoms with Gasteiger partial charge in [0.2, 0.25) is 0 Å². The van der Waals surface area contributed by atoms with E-state index in [1.54, 1.807) is 6.20 Å². The van der Waals surface area contributed by atoms with Crippen molar-refractivity contribution < 1.29 is 14.3 Å². The van der Waals surface area contributed by atoms with Crippen LogP contribution in [0.1, 0.15) is 11.3 Å². The average molecular weight is 416 g/mol. The lowest BCUT2D eigenvalue weighted by molar-refractivity contribution is 0.148. The molecule has 0 saturated carbocycles. The lowest BCUT2D eigenvalue weighted by Gasteiger charge is -2.12.